The summed E-state index contributed by atoms with van der Waals surface area (Å²) in [5, 5.41) is 0.753. The number of alkyl halides is 2. The van der Waals surface area contributed by atoms with Gasteiger partial charge in [-0.1, -0.05) is 58.0 Å². The second-order valence-corrected chi connectivity index (χ2v) is 7.06. The van der Waals surface area contributed by atoms with Crippen molar-refractivity contribution in [3.63, 3.8) is 0 Å². The Labute approximate surface area is 126 Å². The molecule has 5 heteroatoms. The number of carbonyl (C=O) groups excluding carboxylic acids is 1. The van der Waals surface area contributed by atoms with Crippen molar-refractivity contribution >= 4 is 37.8 Å². The van der Waals surface area contributed by atoms with Crippen LogP contribution in [-0.2, 0) is 9.53 Å². The Kier molecular flexibility index (Phi) is 4.76. The Morgan fingerprint density at radius 1 is 1.39 bits per heavy atom. The molecule has 18 heavy (non-hydrogen) atoms. The number of hydrogen-bond donors (Lipinski definition) is 0. The first-order valence-corrected chi connectivity index (χ1v) is 8.65. The molecule has 0 spiro atoms. The fourth-order valence-corrected chi connectivity index (χ4v) is 5.17. The van der Waals surface area contributed by atoms with Gasteiger partial charge in [-0.05, 0) is 12.8 Å². The maximum Gasteiger partial charge on any atom is 0.253 e. The second kappa shape index (κ2) is 5.80. The number of amides is 1. The standard InChI is InChI=1S/C13H21Br2NO2/c1-13(8-14)10(18-2)11(17)16(12(13)15)9-6-4-3-5-7-9/h9-10,12H,3-8H2,1-2H3/t10-,12-,13+/m0/s1. The van der Waals surface area contributed by atoms with Crippen molar-refractivity contribution in [1.82, 2.24) is 4.90 Å². The van der Waals surface area contributed by atoms with E-state index in [0.29, 0.717) is 6.04 Å². The predicted molar refractivity (Wildman–Crippen MR) is 79.1 cm³/mol. The molecule has 1 aliphatic carbocycles. The Morgan fingerprint density at radius 3 is 2.44 bits per heavy atom. The van der Waals surface area contributed by atoms with Gasteiger partial charge in [0.05, 0.1) is 4.95 Å². The van der Waals surface area contributed by atoms with Gasteiger partial charge in [0.2, 0.25) is 0 Å². The zero-order valence-corrected chi connectivity index (χ0v) is 14.2. The summed E-state index contributed by atoms with van der Waals surface area (Å²) >= 11 is 7.28. The van der Waals surface area contributed by atoms with Crippen molar-refractivity contribution in [2.45, 2.75) is 56.1 Å². The zero-order valence-electron chi connectivity index (χ0n) is 11.0. The molecule has 2 fully saturated rings. The Hall–Kier alpha value is 0.390. The molecule has 2 rings (SSSR count). The molecule has 1 saturated carbocycles. The molecular formula is C13H21Br2NO2. The van der Waals surface area contributed by atoms with Crippen LogP contribution in [0.15, 0.2) is 0 Å². The highest BCUT2D eigenvalue weighted by atomic mass is 79.9. The highest BCUT2D eigenvalue weighted by Gasteiger charge is 2.57. The van der Waals surface area contributed by atoms with Gasteiger partial charge in [-0.15, -0.1) is 0 Å². The number of rotatable bonds is 3. The number of ether oxygens (including phenoxy) is 1. The zero-order chi connectivity index (χ0) is 13.3. The first-order chi connectivity index (χ1) is 8.56. The largest absolute Gasteiger partial charge is 0.371 e. The maximum atomic E-state index is 12.6. The predicted octanol–water partition coefficient (Wildman–Crippen LogP) is 3.30. The molecule has 3 atom stereocenters. The van der Waals surface area contributed by atoms with Gasteiger partial charge in [0.1, 0.15) is 6.10 Å². The average molecular weight is 383 g/mol. The number of methoxy groups -OCH3 is 1. The minimum atomic E-state index is -0.344. The molecule has 3 nitrogen and oxygen atoms in total. The van der Waals surface area contributed by atoms with Gasteiger partial charge in [0, 0.05) is 23.9 Å². The van der Waals surface area contributed by atoms with Crippen molar-refractivity contribution in [2.75, 3.05) is 12.4 Å². The van der Waals surface area contributed by atoms with Crippen LogP contribution in [0, 0.1) is 5.41 Å². The van der Waals surface area contributed by atoms with E-state index in [0.717, 1.165) is 18.2 Å². The van der Waals surface area contributed by atoms with Gasteiger partial charge >= 0.3 is 0 Å². The summed E-state index contributed by atoms with van der Waals surface area (Å²) < 4.78 is 5.47. The van der Waals surface area contributed by atoms with Crippen molar-refractivity contribution in [2.24, 2.45) is 5.41 Å². The lowest BCUT2D eigenvalue weighted by atomic mass is 9.89. The first kappa shape index (κ1) is 14.8. The van der Waals surface area contributed by atoms with Crippen molar-refractivity contribution in [3.8, 4) is 0 Å². The van der Waals surface area contributed by atoms with Crippen LogP contribution in [0.5, 0.6) is 0 Å². The van der Waals surface area contributed by atoms with Gasteiger partial charge < -0.3 is 9.64 Å². The van der Waals surface area contributed by atoms with Gasteiger partial charge in [-0.2, -0.15) is 0 Å². The minimum Gasteiger partial charge on any atom is -0.371 e. The molecule has 0 radical (unpaired) electrons. The van der Waals surface area contributed by atoms with E-state index < -0.39 is 0 Å². The summed E-state index contributed by atoms with van der Waals surface area (Å²) in [4.78, 5) is 14.7. The molecule has 1 heterocycles. The van der Waals surface area contributed by atoms with Crippen LogP contribution < -0.4 is 0 Å². The van der Waals surface area contributed by atoms with Gasteiger partial charge in [-0.25, -0.2) is 0 Å². The summed E-state index contributed by atoms with van der Waals surface area (Å²) in [6, 6.07) is 0.383. The van der Waals surface area contributed by atoms with Crippen molar-refractivity contribution < 1.29 is 9.53 Å². The minimum absolute atomic E-state index is 0.0601. The third kappa shape index (κ3) is 2.27. The normalized spacial score (nSPS) is 38.4. The van der Waals surface area contributed by atoms with Gasteiger partial charge in [0.15, 0.2) is 0 Å². The lowest BCUT2D eigenvalue weighted by Gasteiger charge is -2.36. The van der Waals surface area contributed by atoms with Crippen LogP contribution in [0.3, 0.4) is 0 Å². The van der Waals surface area contributed by atoms with Crippen LogP contribution in [0.2, 0.25) is 0 Å². The number of hydrogen-bond acceptors (Lipinski definition) is 2. The lowest BCUT2D eigenvalue weighted by molar-refractivity contribution is -0.139. The third-order valence-corrected chi connectivity index (χ3v) is 7.05. The van der Waals surface area contributed by atoms with E-state index in [2.05, 4.69) is 38.8 Å². The number of carbonyl (C=O) groups is 1. The molecule has 1 amide bonds. The molecule has 0 N–H and O–H groups in total. The molecule has 0 aromatic carbocycles. The van der Waals surface area contributed by atoms with Crippen LogP contribution in [0.1, 0.15) is 39.0 Å². The fourth-order valence-electron chi connectivity index (χ4n) is 3.20. The summed E-state index contributed by atoms with van der Waals surface area (Å²) in [7, 11) is 1.63. The molecule has 1 saturated heterocycles. The van der Waals surface area contributed by atoms with Gasteiger partial charge in [-0.3, -0.25) is 4.79 Å². The first-order valence-electron chi connectivity index (χ1n) is 6.61. The van der Waals surface area contributed by atoms with E-state index in [9.17, 15) is 4.79 Å². The smallest absolute Gasteiger partial charge is 0.253 e. The monoisotopic (exact) mass is 381 g/mol. The Morgan fingerprint density at radius 2 is 2.00 bits per heavy atom. The summed E-state index contributed by atoms with van der Waals surface area (Å²) in [5.41, 5.74) is -0.205. The number of halogens is 2. The van der Waals surface area contributed by atoms with Crippen LogP contribution in [0.4, 0.5) is 0 Å². The molecular weight excluding hydrogens is 362 g/mol. The van der Waals surface area contributed by atoms with Crippen LogP contribution >= 0.6 is 31.9 Å². The Balaban J connectivity index is 2.23. The molecule has 2 aliphatic rings. The molecule has 0 aromatic rings. The van der Waals surface area contributed by atoms with E-state index in [1.54, 1.807) is 7.11 Å². The third-order valence-electron chi connectivity index (χ3n) is 4.36. The van der Waals surface area contributed by atoms with E-state index >= 15 is 0 Å². The van der Waals surface area contributed by atoms with Crippen LogP contribution in [0.25, 0.3) is 0 Å². The molecule has 0 unspecified atom stereocenters. The van der Waals surface area contributed by atoms with Gasteiger partial charge in [0.25, 0.3) is 5.91 Å². The quantitative estimate of drug-likeness (QED) is 0.553. The van der Waals surface area contributed by atoms with Crippen molar-refractivity contribution in [3.05, 3.63) is 0 Å². The fraction of sp³-hybridized carbons (Fsp3) is 0.923. The summed E-state index contributed by atoms with van der Waals surface area (Å²) in [6.45, 7) is 2.11. The molecule has 0 bridgehead atoms. The van der Waals surface area contributed by atoms with E-state index in [1.165, 1.54) is 19.3 Å². The SMILES string of the molecule is CO[C@H]1C(=O)N(C2CCCCC2)[C@H](Br)[C@]1(C)CBr. The topological polar surface area (TPSA) is 29.5 Å². The number of likely N-dealkylation sites (tertiary alicyclic amines) is 1. The summed E-state index contributed by atoms with van der Waals surface area (Å²) in [5.74, 6) is 0.147. The highest BCUT2D eigenvalue weighted by molar-refractivity contribution is 9.10. The molecule has 104 valence electrons. The maximum absolute atomic E-state index is 12.6. The second-order valence-electron chi connectivity index (χ2n) is 5.63. The van der Waals surface area contributed by atoms with E-state index in [4.69, 9.17) is 4.74 Å². The lowest BCUT2D eigenvalue weighted by Crippen LogP contribution is -2.43. The van der Waals surface area contributed by atoms with E-state index in [1.807, 2.05) is 4.90 Å². The molecule has 1 aliphatic heterocycles. The molecule has 0 aromatic heterocycles. The highest BCUT2D eigenvalue weighted by Crippen LogP contribution is 2.46. The Bertz CT molecular complexity index is 320. The van der Waals surface area contributed by atoms with Crippen molar-refractivity contribution in [1.29, 1.82) is 0 Å². The average Bonchev–Trinajstić information content (AvgIpc) is 2.59. The summed E-state index contributed by atoms with van der Waals surface area (Å²) in [6.07, 6.45) is 5.68. The number of nitrogens with zero attached hydrogens (tertiary/aromatic N) is 1. The van der Waals surface area contributed by atoms with E-state index in [-0.39, 0.29) is 22.4 Å². The van der Waals surface area contributed by atoms with Crippen LogP contribution in [-0.4, -0.2) is 40.3 Å².